The Hall–Kier alpha value is -1.27. The van der Waals surface area contributed by atoms with E-state index in [0.717, 1.165) is 5.76 Å². The quantitative estimate of drug-likeness (QED) is 0.675. The minimum absolute atomic E-state index is 0.101. The molecule has 0 saturated heterocycles. The predicted molar refractivity (Wildman–Crippen MR) is 45.5 cm³/mol. The van der Waals surface area contributed by atoms with Gasteiger partial charge in [0.1, 0.15) is 11.8 Å². The van der Waals surface area contributed by atoms with Crippen LogP contribution < -0.4 is 0 Å². The van der Waals surface area contributed by atoms with Gasteiger partial charge in [0, 0.05) is 6.42 Å². The van der Waals surface area contributed by atoms with Crippen molar-refractivity contribution in [2.45, 2.75) is 12.5 Å². The van der Waals surface area contributed by atoms with Gasteiger partial charge in [-0.1, -0.05) is 0 Å². The number of rotatable bonds is 3. The van der Waals surface area contributed by atoms with Crippen LogP contribution in [-0.4, -0.2) is 25.0 Å². The molecule has 1 aromatic heterocycles. The van der Waals surface area contributed by atoms with E-state index in [0.29, 0.717) is 6.42 Å². The monoisotopic (exact) mass is 164 g/mol. The molecule has 1 rings (SSSR count). The van der Waals surface area contributed by atoms with E-state index in [9.17, 15) is 0 Å². The summed E-state index contributed by atoms with van der Waals surface area (Å²) in [6, 6.07) is 5.82. The molecule has 3 heteroatoms. The molecular weight excluding hydrogens is 152 g/mol. The Bertz CT molecular complexity index is 259. The van der Waals surface area contributed by atoms with Crippen molar-refractivity contribution in [2.75, 3.05) is 14.1 Å². The van der Waals surface area contributed by atoms with E-state index in [1.54, 1.807) is 6.26 Å². The van der Waals surface area contributed by atoms with Crippen LogP contribution in [0.5, 0.6) is 0 Å². The summed E-state index contributed by atoms with van der Waals surface area (Å²) in [6.07, 6.45) is 2.27. The molecule has 0 aromatic carbocycles. The van der Waals surface area contributed by atoms with Crippen LogP contribution in [-0.2, 0) is 6.42 Å². The van der Waals surface area contributed by atoms with Gasteiger partial charge in [-0.25, -0.2) is 0 Å². The Morgan fingerprint density at radius 1 is 1.67 bits per heavy atom. The maximum Gasteiger partial charge on any atom is 0.106 e. The fourth-order valence-electron chi connectivity index (χ4n) is 0.963. The lowest BCUT2D eigenvalue weighted by atomic mass is 10.2. The zero-order valence-electron chi connectivity index (χ0n) is 7.32. The second-order valence-corrected chi connectivity index (χ2v) is 2.89. The van der Waals surface area contributed by atoms with Crippen LogP contribution >= 0.6 is 0 Å². The van der Waals surface area contributed by atoms with Crippen LogP contribution in [0.4, 0.5) is 0 Å². The van der Waals surface area contributed by atoms with Gasteiger partial charge >= 0.3 is 0 Å². The van der Waals surface area contributed by atoms with Gasteiger partial charge in [0.05, 0.1) is 12.3 Å². The van der Waals surface area contributed by atoms with Gasteiger partial charge < -0.3 is 4.42 Å². The van der Waals surface area contributed by atoms with Crippen LogP contribution in [0, 0.1) is 11.3 Å². The second-order valence-electron chi connectivity index (χ2n) is 2.89. The van der Waals surface area contributed by atoms with Crippen LogP contribution in [0.25, 0.3) is 0 Å². The standard InChI is InChI=1S/C9H12N2O/c1-11(2)8(7-10)6-9-4-3-5-12-9/h3-5,8H,6H2,1-2H3. The largest absolute Gasteiger partial charge is 0.469 e. The Labute approximate surface area is 72.2 Å². The molecule has 3 nitrogen and oxygen atoms in total. The highest BCUT2D eigenvalue weighted by atomic mass is 16.3. The first-order valence-corrected chi connectivity index (χ1v) is 3.82. The summed E-state index contributed by atoms with van der Waals surface area (Å²) in [4.78, 5) is 1.88. The lowest BCUT2D eigenvalue weighted by Crippen LogP contribution is -2.28. The Balaban J connectivity index is 2.56. The Morgan fingerprint density at radius 2 is 2.42 bits per heavy atom. The summed E-state index contributed by atoms with van der Waals surface area (Å²) in [6.45, 7) is 0. The summed E-state index contributed by atoms with van der Waals surface area (Å²) in [5.74, 6) is 0.857. The molecule has 0 N–H and O–H groups in total. The molecule has 0 aliphatic heterocycles. The minimum Gasteiger partial charge on any atom is -0.469 e. The summed E-state index contributed by atoms with van der Waals surface area (Å²) in [5.41, 5.74) is 0. The molecule has 64 valence electrons. The summed E-state index contributed by atoms with van der Waals surface area (Å²) in [7, 11) is 3.77. The van der Waals surface area contributed by atoms with E-state index in [-0.39, 0.29) is 6.04 Å². The van der Waals surface area contributed by atoms with Crippen LogP contribution in [0.1, 0.15) is 5.76 Å². The van der Waals surface area contributed by atoms with Crippen molar-refractivity contribution in [2.24, 2.45) is 0 Å². The fraction of sp³-hybridized carbons (Fsp3) is 0.444. The van der Waals surface area contributed by atoms with Crippen molar-refractivity contribution >= 4 is 0 Å². The van der Waals surface area contributed by atoms with E-state index < -0.39 is 0 Å². The third kappa shape index (κ3) is 2.11. The third-order valence-electron chi connectivity index (χ3n) is 1.75. The molecule has 1 atom stereocenters. The molecule has 0 saturated carbocycles. The number of furan rings is 1. The highest BCUT2D eigenvalue weighted by Gasteiger charge is 2.11. The molecule has 1 aromatic rings. The molecule has 0 amide bonds. The van der Waals surface area contributed by atoms with Crippen molar-refractivity contribution in [1.29, 1.82) is 5.26 Å². The average molecular weight is 164 g/mol. The molecule has 0 aliphatic carbocycles. The van der Waals surface area contributed by atoms with E-state index in [1.165, 1.54) is 0 Å². The molecule has 0 radical (unpaired) electrons. The van der Waals surface area contributed by atoms with Gasteiger partial charge in [0.25, 0.3) is 0 Å². The minimum atomic E-state index is -0.101. The SMILES string of the molecule is CN(C)C(C#N)Cc1ccco1. The lowest BCUT2D eigenvalue weighted by Gasteiger charge is -2.15. The zero-order valence-corrected chi connectivity index (χ0v) is 7.32. The Morgan fingerprint density at radius 3 is 2.83 bits per heavy atom. The molecule has 0 aliphatic rings. The predicted octanol–water partition coefficient (Wildman–Crippen LogP) is 1.28. The number of hydrogen-bond donors (Lipinski definition) is 0. The maximum absolute atomic E-state index is 8.76. The molecule has 1 heterocycles. The van der Waals surface area contributed by atoms with Crippen molar-refractivity contribution < 1.29 is 4.42 Å². The fourth-order valence-corrected chi connectivity index (χ4v) is 0.963. The zero-order chi connectivity index (χ0) is 8.97. The average Bonchev–Trinajstić information content (AvgIpc) is 2.51. The first-order chi connectivity index (χ1) is 5.74. The van der Waals surface area contributed by atoms with Crippen molar-refractivity contribution in [3.8, 4) is 6.07 Å². The van der Waals surface area contributed by atoms with Gasteiger partial charge in [0.2, 0.25) is 0 Å². The summed E-state index contributed by atoms with van der Waals surface area (Å²) < 4.78 is 5.14. The summed E-state index contributed by atoms with van der Waals surface area (Å²) >= 11 is 0. The van der Waals surface area contributed by atoms with Gasteiger partial charge in [-0.3, -0.25) is 4.90 Å². The highest BCUT2D eigenvalue weighted by Crippen LogP contribution is 2.06. The number of nitrogens with zero attached hydrogens (tertiary/aromatic N) is 2. The Kier molecular flexibility index (Phi) is 2.89. The number of hydrogen-bond acceptors (Lipinski definition) is 3. The van der Waals surface area contributed by atoms with Crippen molar-refractivity contribution in [3.05, 3.63) is 24.2 Å². The van der Waals surface area contributed by atoms with Gasteiger partial charge in [-0.05, 0) is 26.2 Å². The van der Waals surface area contributed by atoms with Gasteiger partial charge in [-0.2, -0.15) is 5.26 Å². The van der Waals surface area contributed by atoms with E-state index in [2.05, 4.69) is 6.07 Å². The van der Waals surface area contributed by atoms with Crippen LogP contribution in [0.3, 0.4) is 0 Å². The first-order valence-electron chi connectivity index (χ1n) is 3.82. The van der Waals surface area contributed by atoms with Crippen molar-refractivity contribution in [1.82, 2.24) is 4.90 Å². The van der Waals surface area contributed by atoms with Crippen molar-refractivity contribution in [3.63, 3.8) is 0 Å². The topological polar surface area (TPSA) is 40.2 Å². The third-order valence-corrected chi connectivity index (χ3v) is 1.75. The van der Waals surface area contributed by atoms with Gasteiger partial charge in [-0.15, -0.1) is 0 Å². The molecule has 0 fully saturated rings. The van der Waals surface area contributed by atoms with Crippen LogP contribution in [0.2, 0.25) is 0 Å². The van der Waals surface area contributed by atoms with E-state index >= 15 is 0 Å². The normalized spacial score (nSPS) is 12.8. The molecule has 0 bridgehead atoms. The number of likely N-dealkylation sites (N-methyl/N-ethyl adjacent to an activating group) is 1. The lowest BCUT2D eigenvalue weighted by molar-refractivity contribution is 0.331. The molecule has 1 unspecified atom stereocenters. The molecule has 12 heavy (non-hydrogen) atoms. The van der Waals surface area contributed by atoms with Crippen LogP contribution in [0.15, 0.2) is 22.8 Å². The smallest absolute Gasteiger partial charge is 0.106 e. The van der Waals surface area contributed by atoms with E-state index in [1.807, 2.05) is 31.1 Å². The number of nitriles is 1. The molecular formula is C9H12N2O. The van der Waals surface area contributed by atoms with Gasteiger partial charge in [0.15, 0.2) is 0 Å². The maximum atomic E-state index is 8.76. The second kappa shape index (κ2) is 3.93. The van der Waals surface area contributed by atoms with E-state index in [4.69, 9.17) is 9.68 Å². The molecule has 0 spiro atoms. The first kappa shape index (κ1) is 8.82. The highest BCUT2D eigenvalue weighted by molar-refractivity contribution is 5.05. The summed E-state index contributed by atoms with van der Waals surface area (Å²) in [5, 5.41) is 8.76.